The van der Waals surface area contributed by atoms with Gasteiger partial charge in [-0.1, -0.05) is 0 Å². The zero-order valence-corrected chi connectivity index (χ0v) is 40.7. The van der Waals surface area contributed by atoms with Gasteiger partial charge < -0.3 is 15.7 Å². The maximum atomic E-state index is 14.5. The van der Waals surface area contributed by atoms with Crippen molar-refractivity contribution < 1.29 is 57.9 Å². The van der Waals surface area contributed by atoms with Crippen LogP contribution >= 0.6 is 0 Å². The number of sulfonamides is 2. The van der Waals surface area contributed by atoms with E-state index in [1.807, 2.05) is 11.0 Å². The number of nitrogens with two attached hydrogens (primary N) is 1. The number of pyridine rings is 2. The molecule has 0 radical (unpaired) electrons. The molecule has 3 saturated carbocycles. The third kappa shape index (κ3) is 12.1. The molecule has 0 unspecified atom stereocenters. The van der Waals surface area contributed by atoms with Crippen LogP contribution in [-0.4, -0.2) is 103 Å². The molecule has 4 atom stereocenters. The van der Waals surface area contributed by atoms with Crippen molar-refractivity contribution in [3.8, 4) is 0 Å². The minimum atomic E-state index is -4.16. The number of rotatable bonds is 12. The van der Waals surface area contributed by atoms with Crippen molar-refractivity contribution in [2.45, 2.75) is 137 Å². The average molecular weight is 1030 g/mol. The van der Waals surface area contributed by atoms with Crippen LogP contribution in [0.3, 0.4) is 0 Å². The van der Waals surface area contributed by atoms with E-state index in [4.69, 9.17) is 10.8 Å². The summed E-state index contributed by atoms with van der Waals surface area (Å²) in [5, 5.41) is 8.92. The van der Waals surface area contributed by atoms with Crippen molar-refractivity contribution in [2.24, 2.45) is 16.6 Å². The zero-order valence-electron chi connectivity index (χ0n) is 39.0. The Bertz CT molecular complexity index is 2780. The molecule has 3 N–H and O–H groups in total. The fourth-order valence-corrected chi connectivity index (χ4v) is 13.6. The number of ketones is 1. The van der Waals surface area contributed by atoms with Crippen molar-refractivity contribution in [1.82, 2.24) is 18.6 Å². The number of carboxylic acids is 1. The Morgan fingerprint density at radius 2 is 1.14 bits per heavy atom. The molecule has 5 heterocycles. The van der Waals surface area contributed by atoms with Crippen LogP contribution in [0.2, 0.25) is 0 Å². The number of aromatic nitrogens is 2. The van der Waals surface area contributed by atoms with Gasteiger partial charge in [0.2, 0.25) is 20.0 Å². The van der Waals surface area contributed by atoms with Crippen LogP contribution in [0.4, 0.5) is 32.0 Å². The summed E-state index contributed by atoms with van der Waals surface area (Å²) in [5.74, 6) is -3.20. The SMILES string of the molecule is NCc1cc(C2CCC3(CC2)CC3)c(F)cn1.O=C(CCc1cc(N2CCC3(CC2)CC3)c(F)cn1)[C@@H]1C[C@@H](F)CN1S(=O)(=O)c1ccc(F)cc1.O=C(O)[C@@H]1C[C@@H](F)CN1S(=O)(=O)c1ccc(F)cc1. The Kier molecular flexibility index (Phi) is 15.7. The highest BCUT2D eigenvalue weighted by atomic mass is 32.2. The lowest BCUT2D eigenvalue weighted by Crippen LogP contribution is -2.40. The Hall–Kier alpha value is -4.96. The number of hydrogen-bond acceptors (Lipinski definition) is 10. The van der Waals surface area contributed by atoms with Gasteiger partial charge in [-0.2, -0.15) is 8.61 Å². The molecule has 384 valence electrons. The van der Waals surface area contributed by atoms with E-state index in [9.17, 15) is 52.8 Å². The van der Waals surface area contributed by atoms with Crippen LogP contribution in [0.15, 0.2) is 82.8 Å². The first-order chi connectivity index (χ1) is 33.7. The number of benzene rings is 2. The average Bonchev–Trinajstić information content (AvgIpc) is 4.20. The summed E-state index contributed by atoms with van der Waals surface area (Å²) in [5.41, 5.74) is 9.34. The Morgan fingerprint density at radius 3 is 1.65 bits per heavy atom. The summed E-state index contributed by atoms with van der Waals surface area (Å²) in [6, 6.07) is 9.14. The third-order valence-corrected chi connectivity index (χ3v) is 18.9. The van der Waals surface area contributed by atoms with Gasteiger partial charge in [0.15, 0.2) is 11.6 Å². The Labute approximate surface area is 409 Å². The molecule has 2 spiro atoms. The minimum Gasteiger partial charge on any atom is -0.480 e. The first-order valence-corrected chi connectivity index (χ1v) is 26.9. The highest BCUT2D eigenvalue weighted by molar-refractivity contribution is 7.89. The van der Waals surface area contributed by atoms with E-state index in [1.54, 1.807) is 6.07 Å². The monoisotopic (exact) mass is 1030 g/mol. The second-order valence-corrected chi connectivity index (χ2v) is 23.6. The lowest BCUT2D eigenvalue weighted by molar-refractivity contribution is -0.140. The molecule has 13 nitrogen and oxygen atoms in total. The van der Waals surface area contributed by atoms with E-state index < -0.39 is 86.8 Å². The van der Waals surface area contributed by atoms with Crippen LogP contribution in [0.1, 0.15) is 106 Å². The molecule has 0 amide bonds. The first-order valence-electron chi connectivity index (χ1n) is 24.0. The molecule has 4 aromatic rings. The van der Waals surface area contributed by atoms with Crippen molar-refractivity contribution in [1.29, 1.82) is 0 Å². The summed E-state index contributed by atoms with van der Waals surface area (Å²) in [6.07, 6.45) is 11.3. The number of halogens is 6. The van der Waals surface area contributed by atoms with Crippen LogP contribution in [0.25, 0.3) is 0 Å². The molecule has 3 aliphatic carbocycles. The van der Waals surface area contributed by atoms with E-state index in [0.717, 1.165) is 109 Å². The number of hydrogen-bond donors (Lipinski definition) is 2. The largest absolute Gasteiger partial charge is 0.480 e. The van der Waals surface area contributed by atoms with Crippen LogP contribution < -0.4 is 10.6 Å². The van der Waals surface area contributed by atoms with Crippen molar-refractivity contribution in [3.63, 3.8) is 0 Å². The number of carboxylic acid groups (broad SMARTS) is 1. The van der Waals surface area contributed by atoms with Gasteiger partial charge in [0.1, 0.15) is 35.8 Å². The number of nitrogens with zero attached hydrogens (tertiary/aromatic N) is 5. The van der Waals surface area contributed by atoms with Gasteiger partial charge in [-0.25, -0.2) is 43.2 Å². The van der Waals surface area contributed by atoms with Crippen LogP contribution in [0, 0.1) is 34.1 Å². The smallest absolute Gasteiger partial charge is 0.322 e. The number of aryl methyl sites for hydroxylation is 1. The molecule has 71 heavy (non-hydrogen) atoms. The van der Waals surface area contributed by atoms with Gasteiger partial charge in [-0.15, -0.1) is 0 Å². The van der Waals surface area contributed by atoms with Crippen molar-refractivity contribution in [2.75, 3.05) is 31.1 Å². The summed E-state index contributed by atoms with van der Waals surface area (Å²) in [6.45, 7) is 1.04. The molecule has 10 rings (SSSR count). The standard InChI is InChI=1S/C25H28F3N3O3S.C14H19FN2.C11H11F2NO4S/c26-17-1-4-20(5-2-17)35(33,34)31-16-18(27)13-23(31)24(32)6-3-19-14-22(21(28)15-29-19)30-11-9-25(7-8-25)10-12-30;15-13-9-17-11(8-16)7-12(13)10-1-3-14(4-2-10)5-6-14;12-7-1-3-9(4-2-7)19(17,18)14-6-8(13)5-10(14)11(15)16/h1-2,4-5,14-15,18,23H,3,6-13,16H2;7,9-10H,1-6,8,16H2;1-4,8,10H,5-6H2,(H,15,16)/t18-,23+;;8-,10+/m1.1/s1. The highest BCUT2D eigenvalue weighted by Gasteiger charge is 2.47. The molecular formula is C50H58F6N6O7S2. The summed E-state index contributed by atoms with van der Waals surface area (Å²) < 4.78 is 134. The molecule has 6 aliphatic rings. The van der Waals surface area contributed by atoms with Crippen LogP contribution in [0.5, 0.6) is 0 Å². The predicted molar refractivity (Wildman–Crippen MR) is 250 cm³/mol. The highest BCUT2D eigenvalue weighted by Crippen LogP contribution is 2.58. The summed E-state index contributed by atoms with van der Waals surface area (Å²) in [7, 11) is -8.30. The quantitative estimate of drug-likeness (QED) is 0.131. The molecule has 2 aromatic heterocycles. The molecule has 3 aliphatic heterocycles. The number of carbonyl (C=O) groups is 2. The van der Waals surface area contributed by atoms with E-state index in [-0.39, 0.29) is 41.3 Å². The van der Waals surface area contributed by atoms with Crippen molar-refractivity contribution in [3.05, 3.63) is 113 Å². The number of carbonyl (C=O) groups excluding carboxylic acids is 1. The fraction of sp³-hybridized carbons (Fsp3) is 0.520. The predicted octanol–water partition coefficient (Wildman–Crippen LogP) is 8.17. The van der Waals surface area contributed by atoms with Gasteiger partial charge in [0.25, 0.3) is 0 Å². The van der Waals surface area contributed by atoms with Gasteiger partial charge in [-0.05, 0) is 154 Å². The van der Waals surface area contributed by atoms with Gasteiger partial charge in [0, 0.05) is 57.7 Å². The second kappa shape index (κ2) is 21.2. The van der Waals surface area contributed by atoms with E-state index in [0.29, 0.717) is 39.0 Å². The number of piperidine rings is 1. The molecule has 2 aromatic carbocycles. The van der Waals surface area contributed by atoms with Crippen molar-refractivity contribution >= 4 is 37.5 Å². The van der Waals surface area contributed by atoms with Crippen LogP contribution in [-0.2, 0) is 42.6 Å². The lowest BCUT2D eigenvalue weighted by Gasteiger charge is -2.34. The second-order valence-electron chi connectivity index (χ2n) is 19.8. The maximum Gasteiger partial charge on any atom is 0.322 e. The third-order valence-electron chi connectivity index (χ3n) is 15.1. The molecule has 21 heteroatoms. The molecular weight excluding hydrogens is 975 g/mol. The summed E-state index contributed by atoms with van der Waals surface area (Å²) >= 11 is 0. The normalized spacial score (nSPS) is 24.0. The topological polar surface area (TPSA) is 184 Å². The Morgan fingerprint density at radius 1 is 0.662 bits per heavy atom. The van der Waals surface area contributed by atoms with Gasteiger partial charge in [-0.3, -0.25) is 19.6 Å². The van der Waals surface area contributed by atoms with Gasteiger partial charge >= 0.3 is 5.97 Å². The summed E-state index contributed by atoms with van der Waals surface area (Å²) in [4.78, 5) is 33.6. The number of anilines is 1. The number of Topliss-reactive ketones (excluding diaryl/α,β-unsaturated/α-hetero) is 1. The fourth-order valence-electron chi connectivity index (χ4n) is 10.4. The zero-order chi connectivity index (χ0) is 50.9. The number of aliphatic carboxylic acids is 1. The minimum absolute atomic E-state index is 0.0476. The molecule has 3 saturated heterocycles. The molecule has 0 bridgehead atoms. The van der Waals surface area contributed by atoms with E-state index >= 15 is 0 Å². The molecule has 6 fully saturated rings. The van der Waals surface area contributed by atoms with Gasteiger partial charge in [0.05, 0.1) is 39.6 Å². The maximum absolute atomic E-state index is 14.5. The first kappa shape index (κ1) is 52.4. The lowest BCUT2D eigenvalue weighted by atomic mass is 9.77. The Balaban J connectivity index is 0.000000158. The number of alkyl halides is 2. The van der Waals surface area contributed by atoms with E-state index in [2.05, 4.69) is 9.97 Å². The van der Waals surface area contributed by atoms with E-state index in [1.165, 1.54) is 44.7 Å².